The largest absolute Gasteiger partial charge is 0.417 e. The van der Waals surface area contributed by atoms with Crippen LogP contribution >= 0.6 is 0 Å². The van der Waals surface area contributed by atoms with E-state index in [9.17, 15) is 22.8 Å². The molecule has 154 valence electrons. The molecule has 0 atom stereocenters. The predicted octanol–water partition coefficient (Wildman–Crippen LogP) is 3.32. The fraction of sp³-hybridized carbons (Fsp3) is 0.350. The molecule has 2 aromatic rings. The Hall–Kier alpha value is -3.10. The Balaban J connectivity index is 1.60. The van der Waals surface area contributed by atoms with Crippen LogP contribution in [-0.2, 0) is 11.0 Å². The number of piperidine rings is 1. The Morgan fingerprint density at radius 2 is 1.79 bits per heavy atom. The summed E-state index contributed by atoms with van der Waals surface area (Å²) in [6, 6.07) is 9.12. The van der Waals surface area contributed by atoms with Crippen molar-refractivity contribution in [2.75, 3.05) is 30.4 Å². The van der Waals surface area contributed by atoms with E-state index in [1.54, 1.807) is 24.3 Å². The van der Waals surface area contributed by atoms with Crippen molar-refractivity contribution in [2.45, 2.75) is 19.0 Å². The number of pyridine rings is 1. The fourth-order valence-corrected chi connectivity index (χ4v) is 3.27. The molecule has 2 N–H and O–H groups in total. The monoisotopic (exact) mass is 406 g/mol. The number of anilines is 2. The van der Waals surface area contributed by atoms with Gasteiger partial charge in [-0.3, -0.25) is 9.59 Å². The third-order valence-electron chi connectivity index (χ3n) is 4.92. The van der Waals surface area contributed by atoms with Gasteiger partial charge in [-0.15, -0.1) is 0 Å². The van der Waals surface area contributed by atoms with E-state index in [2.05, 4.69) is 15.6 Å². The van der Waals surface area contributed by atoms with Crippen molar-refractivity contribution in [1.29, 1.82) is 0 Å². The van der Waals surface area contributed by atoms with Gasteiger partial charge in [-0.25, -0.2) is 4.98 Å². The van der Waals surface area contributed by atoms with E-state index < -0.39 is 11.7 Å². The molecule has 0 radical (unpaired) electrons. The van der Waals surface area contributed by atoms with Crippen LogP contribution in [0.1, 0.15) is 28.8 Å². The van der Waals surface area contributed by atoms with Gasteiger partial charge in [-0.05, 0) is 37.1 Å². The van der Waals surface area contributed by atoms with Gasteiger partial charge in [0.2, 0.25) is 5.91 Å². The fourth-order valence-electron chi connectivity index (χ4n) is 3.27. The second-order valence-corrected chi connectivity index (χ2v) is 6.78. The maximum Gasteiger partial charge on any atom is 0.417 e. The molecule has 29 heavy (non-hydrogen) atoms. The number of nitrogens with zero attached hydrogens (tertiary/aromatic N) is 2. The number of carbonyl (C=O) groups is 2. The lowest BCUT2D eigenvalue weighted by atomic mass is 9.95. The highest BCUT2D eigenvalue weighted by Crippen LogP contribution is 2.30. The standard InChI is InChI=1S/C20H21F3N4O2/c1-24-19(29)15-4-2-3-5-16(15)26-18(28)13-8-10-27(11-9-13)17-7-6-14(12-25-17)20(21,22)23/h2-7,12-13H,8-11H2,1H3,(H,24,29)(H,26,28). The number of amides is 2. The van der Waals surface area contributed by atoms with E-state index in [0.717, 1.165) is 12.3 Å². The maximum atomic E-state index is 12.7. The highest BCUT2D eigenvalue weighted by atomic mass is 19.4. The number of aromatic nitrogens is 1. The number of benzene rings is 1. The van der Waals surface area contributed by atoms with Crippen LogP contribution in [0.4, 0.5) is 24.7 Å². The van der Waals surface area contributed by atoms with Crippen molar-refractivity contribution in [1.82, 2.24) is 10.3 Å². The van der Waals surface area contributed by atoms with Gasteiger partial charge < -0.3 is 15.5 Å². The zero-order valence-electron chi connectivity index (χ0n) is 15.8. The summed E-state index contributed by atoms with van der Waals surface area (Å²) in [4.78, 5) is 30.3. The third kappa shape index (κ3) is 4.85. The van der Waals surface area contributed by atoms with Crippen molar-refractivity contribution in [3.05, 3.63) is 53.7 Å². The van der Waals surface area contributed by atoms with Crippen LogP contribution in [-0.4, -0.2) is 36.9 Å². The van der Waals surface area contributed by atoms with Gasteiger partial charge in [0, 0.05) is 32.3 Å². The summed E-state index contributed by atoms with van der Waals surface area (Å²) in [5.74, 6) is -0.259. The number of carbonyl (C=O) groups excluding carboxylic acids is 2. The molecule has 2 heterocycles. The summed E-state index contributed by atoms with van der Waals surface area (Å²) < 4.78 is 38.0. The number of rotatable bonds is 4. The van der Waals surface area contributed by atoms with Crippen LogP contribution in [0.2, 0.25) is 0 Å². The Bertz CT molecular complexity index is 876. The van der Waals surface area contributed by atoms with E-state index in [1.165, 1.54) is 13.1 Å². The van der Waals surface area contributed by atoms with Crippen LogP contribution in [0.25, 0.3) is 0 Å². The van der Waals surface area contributed by atoms with E-state index >= 15 is 0 Å². The molecule has 0 saturated carbocycles. The number of hydrogen-bond donors (Lipinski definition) is 2. The van der Waals surface area contributed by atoms with Crippen LogP contribution < -0.4 is 15.5 Å². The van der Waals surface area contributed by atoms with Crippen LogP contribution in [0, 0.1) is 5.92 Å². The number of alkyl halides is 3. The lowest BCUT2D eigenvalue weighted by Gasteiger charge is -2.32. The molecule has 0 bridgehead atoms. The second-order valence-electron chi connectivity index (χ2n) is 6.78. The third-order valence-corrected chi connectivity index (χ3v) is 4.92. The van der Waals surface area contributed by atoms with E-state index in [0.29, 0.717) is 43.0 Å². The van der Waals surface area contributed by atoms with Crippen LogP contribution in [0.3, 0.4) is 0 Å². The van der Waals surface area contributed by atoms with Crippen LogP contribution in [0.5, 0.6) is 0 Å². The maximum absolute atomic E-state index is 12.7. The molecule has 1 saturated heterocycles. The van der Waals surface area contributed by atoms with Crippen molar-refractivity contribution in [3.8, 4) is 0 Å². The van der Waals surface area contributed by atoms with Crippen molar-refractivity contribution in [2.24, 2.45) is 5.92 Å². The van der Waals surface area contributed by atoms with Gasteiger partial charge in [0.25, 0.3) is 5.91 Å². The first-order chi connectivity index (χ1) is 13.8. The summed E-state index contributed by atoms with van der Waals surface area (Å²) in [6.45, 7) is 1.01. The summed E-state index contributed by atoms with van der Waals surface area (Å²) in [5, 5.41) is 5.35. The highest BCUT2D eigenvalue weighted by molar-refractivity contribution is 6.04. The predicted molar refractivity (Wildman–Crippen MR) is 103 cm³/mol. The van der Waals surface area contributed by atoms with Gasteiger partial charge >= 0.3 is 6.18 Å². The average molecular weight is 406 g/mol. The molecule has 1 aliphatic rings. The first-order valence-corrected chi connectivity index (χ1v) is 9.19. The molecule has 1 aromatic heterocycles. The molecule has 1 aliphatic heterocycles. The Morgan fingerprint density at radius 1 is 1.10 bits per heavy atom. The summed E-state index contributed by atoms with van der Waals surface area (Å²) in [5.41, 5.74) is 0.0451. The molecule has 6 nitrogen and oxygen atoms in total. The van der Waals surface area contributed by atoms with Crippen LogP contribution in [0.15, 0.2) is 42.6 Å². The minimum atomic E-state index is -4.42. The van der Waals surface area contributed by atoms with Crippen molar-refractivity contribution in [3.63, 3.8) is 0 Å². The van der Waals surface area contributed by atoms with Gasteiger partial charge in [0.15, 0.2) is 0 Å². The molecular weight excluding hydrogens is 385 g/mol. The van der Waals surface area contributed by atoms with E-state index in [4.69, 9.17) is 0 Å². The van der Waals surface area contributed by atoms with Gasteiger partial charge in [-0.2, -0.15) is 13.2 Å². The minimum Gasteiger partial charge on any atom is -0.357 e. The molecule has 2 amide bonds. The first-order valence-electron chi connectivity index (χ1n) is 9.19. The van der Waals surface area contributed by atoms with E-state index in [1.807, 2.05) is 4.90 Å². The molecule has 0 aliphatic carbocycles. The van der Waals surface area contributed by atoms with Gasteiger partial charge in [0.05, 0.1) is 16.8 Å². The molecule has 1 fully saturated rings. The normalized spacial score (nSPS) is 15.1. The van der Waals surface area contributed by atoms with E-state index in [-0.39, 0.29) is 17.7 Å². The Kier molecular flexibility index (Phi) is 6.05. The Morgan fingerprint density at radius 3 is 2.38 bits per heavy atom. The number of halogens is 3. The van der Waals surface area contributed by atoms with Gasteiger partial charge in [0.1, 0.15) is 5.82 Å². The summed E-state index contributed by atoms with van der Waals surface area (Å²) >= 11 is 0. The molecular formula is C20H21F3N4O2. The van der Waals surface area contributed by atoms with Crippen molar-refractivity contribution < 1.29 is 22.8 Å². The molecule has 9 heteroatoms. The SMILES string of the molecule is CNC(=O)c1ccccc1NC(=O)C1CCN(c2ccc(C(F)(F)F)cn2)CC1. The molecule has 0 unspecified atom stereocenters. The number of nitrogens with one attached hydrogen (secondary N) is 2. The average Bonchev–Trinajstić information content (AvgIpc) is 2.73. The molecule has 3 rings (SSSR count). The Labute approximate surface area is 166 Å². The topological polar surface area (TPSA) is 74.3 Å². The molecule has 1 aromatic carbocycles. The number of hydrogen-bond acceptors (Lipinski definition) is 4. The zero-order valence-corrected chi connectivity index (χ0v) is 15.8. The first kappa shape index (κ1) is 20.6. The zero-order chi connectivity index (χ0) is 21.0. The molecule has 0 spiro atoms. The van der Waals surface area contributed by atoms with Gasteiger partial charge in [-0.1, -0.05) is 12.1 Å². The second kappa shape index (κ2) is 8.50. The summed E-state index contributed by atoms with van der Waals surface area (Å²) in [7, 11) is 1.52. The lowest BCUT2D eigenvalue weighted by molar-refractivity contribution is -0.137. The highest BCUT2D eigenvalue weighted by Gasteiger charge is 2.31. The number of para-hydroxylation sites is 1. The lowest BCUT2D eigenvalue weighted by Crippen LogP contribution is -2.38. The summed E-state index contributed by atoms with van der Waals surface area (Å²) in [6.07, 6.45) is -2.52. The quantitative estimate of drug-likeness (QED) is 0.817. The minimum absolute atomic E-state index is 0.179. The smallest absolute Gasteiger partial charge is 0.357 e. The van der Waals surface area contributed by atoms with Crippen molar-refractivity contribution >= 4 is 23.3 Å².